The molecule has 0 aliphatic rings. The van der Waals surface area contributed by atoms with Crippen molar-refractivity contribution in [1.29, 1.82) is 0 Å². The summed E-state index contributed by atoms with van der Waals surface area (Å²) in [6.45, 7) is -0.306. The Kier molecular flexibility index (Phi) is 5.62. The molecule has 0 aromatic carbocycles. The molecule has 74 valence electrons. The van der Waals surface area contributed by atoms with Crippen LogP contribution >= 0.6 is 11.6 Å². The van der Waals surface area contributed by atoms with Gasteiger partial charge in [0, 0.05) is 12.3 Å². The highest BCUT2D eigenvalue weighted by atomic mass is 35.5. The van der Waals surface area contributed by atoms with Crippen molar-refractivity contribution in [3.05, 3.63) is 0 Å². The lowest BCUT2D eigenvalue weighted by atomic mass is 10.4. The molecule has 0 aromatic heterocycles. The number of urea groups is 1. The van der Waals surface area contributed by atoms with Crippen molar-refractivity contribution in [2.24, 2.45) is 5.73 Å². The highest BCUT2D eigenvalue weighted by Crippen LogP contribution is 1.83. The highest BCUT2D eigenvalue weighted by molar-refractivity contribution is 6.19. The topological polar surface area (TPSA) is 101 Å². The molecule has 0 heterocycles. The van der Waals surface area contributed by atoms with Gasteiger partial charge >= 0.3 is 6.03 Å². The lowest BCUT2D eigenvalue weighted by Crippen LogP contribution is -2.43. The summed E-state index contributed by atoms with van der Waals surface area (Å²) < 4.78 is 0. The molecule has 13 heavy (non-hydrogen) atoms. The molecular formula is C6H10ClN3O3. The van der Waals surface area contributed by atoms with E-state index in [1.54, 1.807) is 0 Å². The van der Waals surface area contributed by atoms with E-state index in [2.05, 4.69) is 5.32 Å². The Bertz CT molecular complexity index is 219. The standard InChI is InChI=1S/C6H10ClN3O3/c7-2-1-5(12)10-6(13)9-3-4(8)11/h1-3H2,(H2,8,11)(H2,9,10,12,13). The number of nitrogens with two attached hydrogens (primary N) is 1. The monoisotopic (exact) mass is 207 g/mol. The van der Waals surface area contributed by atoms with Crippen molar-refractivity contribution in [2.45, 2.75) is 6.42 Å². The van der Waals surface area contributed by atoms with Gasteiger partial charge in [-0.25, -0.2) is 4.79 Å². The zero-order valence-electron chi connectivity index (χ0n) is 6.80. The van der Waals surface area contributed by atoms with E-state index in [4.69, 9.17) is 17.3 Å². The van der Waals surface area contributed by atoms with Crippen LogP contribution in [0.2, 0.25) is 0 Å². The predicted molar refractivity (Wildman–Crippen MR) is 46.1 cm³/mol. The molecule has 0 spiro atoms. The van der Waals surface area contributed by atoms with E-state index in [0.717, 1.165) is 0 Å². The summed E-state index contributed by atoms with van der Waals surface area (Å²) in [6.07, 6.45) is 0.0472. The van der Waals surface area contributed by atoms with Crippen LogP contribution in [-0.4, -0.2) is 30.3 Å². The van der Waals surface area contributed by atoms with Crippen LogP contribution < -0.4 is 16.4 Å². The number of hydrogen-bond donors (Lipinski definition) is 3. The first kappa shape index (κ1) is 11.7. The SMILES string of the molecule is NC(=O)CNC(=O)NC(=O)CCCl. The zero-order chi connectivity index (χ0) is 10.3. The van der Waals surface area contributed by atoms with Gasteiger partial charge in [0.05, 0.1) is 6.54 Å². The highest BCUT2D eigenvalue weighted by Gasteiger charge is 2.06. The van der Waals surface area contributed by atoms with Gasteiger partial charge in [-0.3, -0.25) is 14.9 Å². The first-order valence-corrected chi connectivity index (χ1v) is 4.01. The van der Waals surface area contributed by atoms with Crippen LogP contribution in [0.4, 0.5) is 4.79 Å². The fraction of sp³-hybridized carbons (Fsp3) is 0.500. The summed E-state index contributed by atoms with van der Waals surface area (Å²) in [5.41, 5.74) is 4.74. The Morgan fingerprint density at radius 1 is 1.31 bits per heavy atom. The van der Waals surface area contributed by atoms with E-state index in [0.29, 0.717) is 0 Å². The maximum atomic E-state index is 10.7. The molecule has 0 bridgehead atoms. The summed E-state index contributed by atoms with van der Waals surface area (Å²) in [6, 6.07) is -0.756. The molecule has 0 aliphatic carbocycles. The Balaban J connectivity index is 3.62. The Morgan fingerprint density at radius 2 is 1.92 bits per heavy atom. The molecular weight excluding hydrogens is 198 g/mol. The third kappa shape index (κ3) is 7.07. The van der Waals surface area contributed by atoms with Gasteiger partial charge in [0.1, 0.15) is 0 Å². The van der Waals surface area contributed by atoms with E-state index >= 15 is 0 Å². The van der Waals surface area contributed by atoms with Crippen LogP contribution in [0.3, 0.4) is 0 Å². The van der Waals surface area contributed by atoms with E-state index in [9.17, 15) is 14.4 Å². The van der Waals surface area contributed by atoms with Crippen LogP contribution in [0.15, 0.2) is 0 Å². The minimum Gasteiger partial charge on any atom is -0.368 e. The smallest absolute Gasteiger partial charge is 0.321 e. The molecule has 4 N–H and O–H groups in total. The van der Waals surface area contributed by atoms with Crippen LogP contribution in [0, 0.1) is 0 Å². The number of alkyl halides is 1. The second kappa shape index (κ2) is 6.24. The second-order valence-electron chi connectivity index (χ2n) is 2.14. The number of nitrogens with one attached hydrogen (secondary N) is 2. The third-order valence-electron chi connectivity index (χ3n) is 0.998. The first-order valence-electron chi connectivity index (χ1n) is 3.48. The number of halogens is 1. The maximum Gasteiger partial charge on any atom is 0.321 e. The number of imide groups is 1. The Hall–Kier alpha value is -1.30. The lowest BCUT2D eigenvalue weighted by molar-refractivity contribution is -0.120. The zero-order valence-corrected chi connectivity index (χ0v) is 7.56. The molecule has 0 fully saturated rings. The van der Waals surface area contributed by atoms with Gasteiger partial charge in [-0.1, -0.05) is 0 Å². The van der Waals surface area contributed by atoms with E-state index in [-0.39, 0.29) is 18.8 Å². The summed E-state index contributed by atoms with van der Waals surface area (Å²) in [5.74, 6) is -1.05. The van der Waals surface area contributed by atoms with Crippen molar-refractivity contribution in [1.82, 2.24) is 10.6 Å². The minimum atomic E-state index is -0.756. The van der Waals surface area contributed by atoms with Gasteiger partial charge in [-0.05, 0) is 0 Å². The second-order valence-corrected chi connectivity index (χ2v) is 2.51. The average molecular weight is 208 g/mol. The van der Waals surface area contributed by atoms with Gasteiger partial charge in [0.15, 0.2) is 0 Å². The van der Waals surface area contributed by atoms with Crippen molar-refractivity contribution in [3.63, 3.8) is 0 Å². The van der Waals surface area contributed by atoms with Gasteiger partial charge in [-0.15, -0.1) is 11.6 Å². The van der Waals surface area contributed by atoms with Gasteiger partial charge in [-0.2, -0.15) is 0 Å². The van der Waals surface area contributed by atoms with E-state index < -0.39 is 17.8 Å². The molecule has 0 rings (SSSR count). The normalized spacial score (nSPS) is 9.00. The van der Waals surface area contributed by atoms with Crippen molar-refractivity contribution in [3.8, 4) is 0 Å². The predicted octanol–water partition coefficient (Wildman–Crippen LogP) is -1.07. The van der Waals surface area contributed by atoms with Crippen molar-refractivity contribution >= 4 is 29.4 Å². The third-order valence-corrected chi connectivity index (χ3v) is 1.19. The minimum absolute atomic E-state index is 0.0472. The lowest BCUT2D eigenvalue weighted by Gasteiger charge is -2.02. The number of hydrogen-bond acceptors (Lipinski definition) is 3. The van der Waals surface area contributed by atoms with Crippen LogP contribution in [-0.2, 0) is 9.59 Å². The van der Waals surface area contributed by atoms with Crippen LogP contribution in [0.5, 0.6) is 0 Å². The molecule has 7 heteroatoms. The summed E-state index contributed by atoms with van der Waals surface area (Å²) in [5, 5.41) is 4.04. The van der Waals surface area contributed by atoms with Gasteiger partial charge in [0.2, 0.25) is 11.8 Å². The number of carbonyl (C=O) groups is 3. The first-order chi connectivity index (χ1) is 6.06. The van der Waals surface area contributed by atoms with Gasteiger partial charge < -0.3 is 11.1 Å². The quantitative estimate of drug-likeness (QED) is 0.512. The molecule has 0 aliphatic heterocycles. The van der Waals surface area contributed by atoms with Crippen molar-refractivity contribution in [2.75, 3.05) is 12.4 Å². The summed E-state index contributed by atoms with van der Waals surface area (Å²) in [7, 11) is 0. The molecule has 0 saturated carbocycles. The number of primary amides is 1. The Morgan fingerprint density at radius 3 is 2.38 bits per heavy atom. The largest absolute Gasteiger partial charge is 0.368 e. The van der Waals surface area contributed by atoms with Crippen LogP contribution in [0.25, 0.3) is 0 Å². The van der Waals surface area contributed by atoms with Gasteiger partial charge in [0.25, 0.3) is 0 Å². The summed E-state index contributed by atoms with van der Waals surface area (Å²) in [4.78, 5) is 31.7. The molecule has 0 unspecified atom stereocenters. The fourth-order valence-corrected chi connectivity index (χ4v) is 0.658. The van der Waals surface area contributed by atoms with Crippen LogP contribution in [0.1, 0.15) is 6.42 Å². The molecule has 0 saturated heterocycles. The maximum absolute atomic E-state index is 10.7. The molecule has 0 atom stereocenters. The average Bonchev–Trinajstić information content (AvgIpc) is 2.01. The van der Waals surface area contributed by atoms with E-state index in [1.807, 2.05) is 5.32 Å². The van der Waals surface area contributed by atoms with Crippen molar-refractivity contribution < 1.29 is 14.4 Å². The Labute approximate surface area is 79.8 Å². The molecule has 4 amide bonds. The summed E-state index contributed by atoms with van der Waals surface area (Å²) >= 11 is 5.24. The van der Waals surface area contributed by atoms with E-state index in [1.165, 1.54) is 0 Å². The molecule has 0 radical (unpaired) electrons. The molecule has 6 nitrogen and oxygen atoms in total. The fourth-order valence-electron chi connectivity index (χ4n) is 0.487. The molecule has 0 aromatic rings. The number of amides is 4. The number of carbonyl (C=O) groups excluding carboxylic acids is 3. The number of rotatable bonds is 4.